The van der Waals surface area contributed by atoms with Crippen LogP contribution in [-0.4, -0.2) is 56.4 Å². The highest BCUT2D eigenvalue weighted by Crippen LogP contribution is 2.18. The van der Waals surface area contributed by atoms with E-state index in [1.165, 1.54) is 55.9 Å². The van der Waals surface area contributed by atoms with Crippen LogP contribution in [0.2, 0.25) is 0 Å². The van der Waals surface area contributed by atoms with Gasteiger partial charge in [-0.1, -0.05) is 0 Å². The number of ether oxygens (including phenoxy) is 2. The maximum absolute atomic E-state index is 12.1. The fraction of sp³-hybridized carbons (Fsp3) is 0.333. The van der Waals surface area contributed by atoms with Crippen LogP contribution in [0.3, 0.4) is 0 Å². The van der Waals surface area contributed by atoms with Crippen LogP contribution in [0.4, 0.5) is 0 Å². The van der Waals surface area contributed by atoms with Crippen LogP contribution in [0.25, 0.3) is 0 Å². The molecule has 146 valence electrons. The van der Waals surface area contributed by atoms with Crippen LogP contribution in [0.15, 0.2) is 41.4 Å². The Morgan fingerprint density at radius 2 is 1.74 bits per heavy atom. The maximum atomic E-state index is 12.1. The number of carbonyl (C=O) groups is 2. The van der Waals surface area contributed by atoms with Gasteiger partial charge in [-0.2, -0.15) is 0 Å². The zero-order valence-corrected chi connectivity index (χ0v) is 16.4. The van der Waals surface area contributed by atoms with Gasteiger partial charge in [0.05, 0.1) is 4.90 Å². The second-order valence-electron chi connectivity index (χ2n) is 6.02. The van der Waals surface area contributed by atoms with Gasteiger partial charge in [0, 0.05) is 32.9 Å². The van der Waals surface area contributed by atoms with E-state index >= 15 is 0 Å². The fourth-order valence-electron chi connectivity index (χ4n) is 2.25. The minimum atomic E-state index is -3.49. The molecular weight excluding hydrogens is 372 g/mol. The molecule has 0 radical (unpaired) electrons. The van der Waals surface area contributed by atoms with Gasteiger partial charge in [-0.15, -0.1) is 0 Å². The van der Waals surface area contributed by atoms with Crippen LogP contribution in [-0.2, 0) is 21.8 Å². The van der Waals surface area contributed by atoms with E-state index in [0.29, 0.717) is 11.3 Å². The molecule has 0 amide bonds. The first-order chi connectivity index (χ1) is 12.6. The van der Waals surface area contributed by atoms with Crippen molar-refractivity contribution in [2.45, 2.75) is 11.8 Å². The molecule has 0 spiro atoms. The number of hydrogen-bond acceptors (Lipinski definition) is 6. The molecule has 0 fully saturated rings. The molecule has 0 N–H and O–H groups in total. The molecule has 2 aromatic rings. The van der Waals surface area contributed by atoms with E-state index in [0.717, 1.165) is 4.31 Å². The van der Waals surface area contributed by atoms with E-state index in [2.05, 4.69) is 0 Å². The average Bonchev–Trinajstić information content (AvgIpc) is 3.01. The van der Waals surface area contributed by atoms with Crippen LogP contribution in [0.5, 0.6) is 5.75 Å². The summed E-state index contributed by atoms with van der Waals surface area (Å²) in [6, 6.07) is 7.45. The molecule has 2 rings (SSSR count). The van der Waals surface area contributed by atoms with Gasteiger partial charge in [0.2, 0.25) is 10.0 Å². The maximum Gasteiger partial charge on any atom is 0.355 e. The van der Waals surface area contributed by atoms with Crippen molar-refractivity contribution in [3.05, 3.63) is 47.8 Å². The summed E-state index contributed by atoms with van der Waals surface area (Å²) in [5, 5.41) is 0. The van der Waals surface area contributed by atoms with E-state index in [4.69, 9.17) is 9.47 Å². The SMILES string of the molecule is CC(=O)c1cc(C(=O)OCCOc2ccc(S(=O)(=O)N(C)C)cc2)n(C)c1. The molecule has 0 saturated heterocycles. The first kappa shape index (κ1) is 20.7. The number of esters is 1. The average molecular weight is 394 g/mol. The summed E-state index contributed by atoms with van der Waals surface area (Å²) in [6.45, 7) is 1.54. The lowest BCUT2D eigenvalue weighted by atomic mass is 10.2. The number of ketones is 1. The molecule has 9 heteroatoms. The van der Waals surface area contributed by atoms with Gasteiger partial charge in [0.15, 0.2) is 5.78 Å². The normalized spacial score (nSPS) is 11.4. The smallest absolute Gasteiger partial charge is 0.355 e. The lowest BCUT2D eigenvalue weighted by Gasteiger charge is -2.12. The number of benzene rings is 1. The van der Waals surface area contributed by atoms with Gasteiger partial charge in [-0.05, 0) is 37.3 Å². The molecule has 0 unspecified atom stereocenters. The highest BCUT2D eigenvalue weighted by Gasteiger charge is 2.17. The van der Waals surface area contributed by atoms with Crippen molar-refractivity contribution in [3.63, 3.8) is 0 Å². The van der Waals surface area contributed by atoms with E-state index in [1.807, 2.05) is 0 Å². The monoisotopic (exact) mass is 394 g/mol. The van der Waals surface area contributed by atoms with Crippen molar-refractivity contribution >= 4 is 21.8 Å². The zero-order valence-electron chi connectivity index (χ0n) is 15.6. The van der Waals surface area contributed by atoms with Gasteiger partial charge in [-0.25, -0.2) is 17.5 Å². The van der Waals surface area contributed by atoms with Crippen molar-refractivity contribution in [1.29, 1.82) is 0 Å². The summed E-state index contributed by atoms with van der Waals surface area (Å²) in [6.07, 6.45) is 1.57. The quantitative estimate of drug-likeness (QED) is 0.384. The Morgan fingerprint density at radius 3 is 2.26 bits per heavy atom. The first-order valence-electron chi connectivity index (χ1n) is 8.12. The van der Waals surface area contributed by atoms with Crippen LogP contribution < -0.4 is 4.74 Å². The molecule has 1 aromatic carbocycles. The van der Waals surface area contributed by atoms with Crippen molar-refractivity contribution in [2.75, 3.05) is 27.3 Å². The summed E-state index contributed by atoms with van der Waals surface area (Å²) >= 11 is 0. The number of nitrogens with zero attached hydrogens (tertiary/aromatic N) is 2. The molecule has 1 aromatic heterocycles. The second-order valence-corrected chi connectivity index (χ2v) is 8.18. The molecule has 27 heavy (non-hydrogen) atoms. The standard InChI is InChI=1S/C18H22N2O6S/c1-13(21)14-11-17(20(4)12-14)18(22)26-10-9-25-15-5-7-16(8-6-15)27(23,24)19(2)3/h5-8,11-12H,9-10H2,1-4H3. The third-order valence-electron chi connectivity index (χ3n) is 3.81. The van der Waals surface area contributed by atoms with Crippen molar-refractivity contribution < 1.29 is 27.5 Å². The Kier molecular flexibility index (Phi) is 6.40. The number of carbonyl (C=O) groups excluding carboxylic acids is 2. The van der Waals surface area contributed by atoms with E-state index < -0.39 is 16.0 Å². The van der Waals surface area contributed by atoms with Gasteiger partial charge in [-0.3, -0.25) is 4.79 Å². The number of Topliss-reactive ketones (excluding diaryl/α,β-unsaturated/α-hetero) is 1. The molecule has 1 heterocycles. The van der Waals surface area contributed by atoms with Crippen molar-refractivity contribution in [2.24, 2.45) is 7.05 Å². The summed E-state index contributed by atoms with van der Waals surface area (Å²) in [5.41, 5.74) is 0.715. The third kappa shape index (κ3) is 4.95. The zero-order chi connectivity index (χ0) is 20.2. The molecule has 0 aliphatic heterocycles. The Labute approximate surface area is 158 Å². The molecule has 0 atom stereocenters. The predicted molar refractivity (Wildman–Crippen MR) is 98.5 cm³/mol. The largest absolute Gasteiger partial charge is 0.490 e. The van der Waals surface area contributed by atoms with Crippen LogP contribution >= 0.6 is 0 Å². The minimum absolute atomic E-state index is 0.0111. The Hall–Kier alpha value is -2.65. The predicted octanol–water partition coefficient (Wildman–Crippen LogP) is 1.71. The number of rotatable bonds is 8. The van der Waals surface area contributed by atoms with E-state index in [-0.39, 0.29) is 29.6 Å². The minimum Gasteiger partial charge on any atom is -0.490 e. The summed E-state index contributed by atoms with van der Waals surface area (Å²) < 4.78 is 37.2. The highest BCUT2D eigenvalue weighted by atomic mass is 32.2. The summed E-state index contributed by atoms with van der Waals surface area (Å²) in [4.78, 5) is 23.6. The number of aromatic nitrogens is 1. The number of sulfonamides is 1. The van der Waals surface area contributed by atoms with E-state index in [1.54, 1.807) is 13.2 Å². The van der Waals surface area contributed by atoms with Crippen LogP contribution in [0.1, 0.15) is 27.8 Å². The topological polar surface area (TPSA) is 94.9 Å². The summed E-state index contributed by atoms with van der Waals surface area (Å²) in [5.74, 6) is -0.227. The first-order valence-corrected chi connectivity index (χ1v) is 9.56. The van der Waals surface area contributed by atoms with Gasteiger partial charge >= 0.3 is 5.97 Å². The molecule has 0 aliphatic rings. The third-order valence-corrected chi connectivity index (χ3v) is 5.64. The highest BCUT2D eigenvalue weighted by molar-refractivity contribution is 7.89. The molecular formula is C18H22N2O6S. The van der Waals surface area contributed by atoms with Gasteiger partial charge in [0.25, 0.3) is 0 Å². The lowest BCUT2D eigenvalue weighted by molar-refractivity contribution is 0.0439. The molecule has 0 saturated carbocycles. The molecule has 0 aliphatic carbocycles. The fourth-order valence-corrected chi connectivity index (χ4v) is 3.15. The van der Waals surface area contributed by atoms with Crippen LogP contribution in [0, 0.1) is 0 Å². The van der Waals surface area contributed by atoms with E-state index in [9.17, 15) is 18.0 Å². The second kappa shape index (κ2) is 8.36. The van der Waals surface area contributed by atoms with Crippen molar-refractivity contribution in [3.8, 4) is 5.75 Å². The molecule has 8 nitrogen and oxygen atoms in total. The van der Waals surface area contributed by atoms with Crippen molar-refractivity contribution in [1.82, 2.24) is 8.87 Å². The number of aryl methyl sites for hydroxylation is 1. The Balaban J connectivity index is 1.86. The Morgan fingerprint density at radius 1 is 1.11 bits per heavy atom. The van der Waals surface area contributed by atoms with Gasteiger partial charge < -0.3 is 14.0 Å². The number of hydrogen-bond donors (Lipinski definition) is 0. The van der Waals surface area contributed by atoms with Gasteiger partial charge in [0.1, 0.15) is 24.7 Å². The Bertz CT molecular complexity index is 929. The molecule has 0 bridgehead atoms. The lowest BCUT2D eigenvalue weighted by Crippen LogP contribution is -2.22. The summed E-state index contributed by atoms with van der Waals surface area (Å²) in [7, 11) is 1.09.